The standard InChI is InChI=1S/C17H12IN3O2/c18-14-5-3-12(4-6-14)16-8-7-15(23-16)11-20-21-17(22)13-2-1-9-19-10-13/h1-11H,(H,21,22)/b20-11-. The Bertz CT molecular complexity index is 827. The molecule has 0 aliphatic carbocycles. The first-order valence-corrected chi connectivity index (χ1v) is 7.89. The Morgan fingerprint density at radius 3 is 2.74 bits per heavy atom. The van der Waals surface area contributed by atoms with E-state index in [9.17, 15) is 4.79 Å². The average molecular weight is 417 g/mol. The zero-order valence-electron chi connectivity index (χ0n) is 11.9. The third kappa shape index (κ3) is 4.04. The summed E-state index contributed by atoms with van der Waals surface area (Å²) in [7, 11) is 0. The fourth-order valence-electron chi connectivity index (χ4n) is 1.91. The molecule has 0 unspecified atom stereocenters. The minimum Gasteiger partial charge on any atom is -0.455 e. The summed E-state index contributed by atoms with van der Waals surface area (Å²) in [5, 5.41) is 3.89. The summed E-state index contributed by atoms with van der Waals surface area (Å²) < 4.78 is 6.85. The van der Waals surface area contributed by atoms with Crippen LogP contribution in [0.3, 0.4) is 0 Å². The highest BCUT2D eigenvalue weighted by Crippen LogP contribution is 2.22. The Labute approximate surface area is 146 Å². The number of halogens is 1. The van der Waals surface area contributed by atoms with Gasteiger partial charge in [-0.05, 0) is 59.0 Å². The zero-order chi connectivity index (χ0) is 16.1. The highest BCUT2D eigenvalue weighted by Gasteiger charge is 2.05. The predicted molar refractivity (Wildman–Crippen MR) is 96.2 cm³/mol. The van der Waals surface area contributed by atoms with Gasteiger partial charge in [0.15, 0.2) is 0 Å². The van der Waals surface area contributed by atoms with Gasteiger partial charge in [-0.25, -0.2) is 5.43 Å². The van der Waals surface area contributed by atoms with Crippen LogP contribution in [0.5, 0.6) is 0 Å². The van der Waals surface area contributed by atoms with E-state index < -0.39 is 0 Å². The van der Waals surface area contributed by atoms with Gasteiger partial charge in [0.2, 0.25) is 0 Å². The molecule has 0 radical (unpaired) electrons. The SMILES string of the molecule is O=C(N/N=C\c1ccc(-c2ccc(I)cc2)o1)c1cccnc1. The first kappa shape index (κ1) is 15.4. The number of carbonyl (C=O) groups excluding carboxylic acids is 1. The number of benzene rings is 1. The van der Waals surface area contributed by atoms with E-state index in [-0.39, 0.29) is 5.91 Å². The van der Waals surface area contributed by atoms with Crippen molar-refractivity contribution >= 4 is 34.7 Å². The fraction of sp³-hybridized carbons (Fsp3) is 0. The van der Waals surface area contributed by atoms with E-state index in [0.717, 1.165) is 14.9 Å². The van der Waals surface area contributed by atoms with E-state index >= 15 is 0 Å². The summed E-state index contributed by atoms with van der Waals surface area (Å²) in [6.45, 7) is 0. The highest BCUT2D eigenvalue weighted by molar-refractivity contribution is 14.1. The molecule has 0 fully saturated rings. The molecule has 0 aliphatic rings. The molecular formula is C17H12IN3O2. The van der Waals surface area contributed by atoms with Crippen LogP contribution < -0.4 is 5.43 Å². The smallest absolute Gasteiger partial charge is 0.272 e. The van der Waals surface area contributed by atoms with Crippen molar-refractivity contribution in [3.05, 3.63) is 75.8 Å². The Balaban J connectivity index is 1.65. The van der Waals surface area contributed by atoms with Gasteiger partial charge >= 0.3 is 0 Å². The number of hydrogen-bond acceptors (Lipinski definition) is 4. The second-order valence-electron chi connectivity index (χ2n) is 4.65. The maximum absolute atomic E-state index is 11.8. The number of rotatable bonds is 4. The van der Waals surface area contributed by atoms with Gasteiger partial charge in [0.05, 0.1) is 11.8 Å². The number of pyridine rings is 1. The van der Waals surface area contributed by atoms with E-state index in [0.29, 0.717) is 11.3 Å². The number of hydrogen-bond donors (Lipinski definition) is 1. The van der Waals surface area contributed by atoms with Crippen LogP contribution in [0.2, 0.25) is 0 Å². The van der Waals surface area contributed by atoms with Gasteiger partial charge in [-0.15, -0.1) is 0 Å². The third-order valence-corrected chi connectivity index (χ3v) is 3.76. The number of nitrogens with one attached hydrogen (secondary N) is 1. The van der Waals surface area contributed by atoms with E-state index in [4.69, 9.17) is 4.42 Å². The van der Waals surface area contributed by atoms with Crippen LogP contribution in [0.15, 0.2) is 70.4 Å². The summed E-state index contributed by atoms with van der Waals surface area (Å²) in [5.74, 6) is 0.991. The van der Waals surface area contributed by atoms with Gasteiger partial charge in [-0.1, -0.05) is 12.1 Å². The minimum atomic E-state index is -0.321. The van der Waals surface area contributed by atoms with Crippen LogP contribution in [0.25, 0.3) is 11.3 Å². The second kappa shape index (κ2) is 7.19. The van der Waals surface area contributed by atoms with Crippen molar-refractivity contribution < 1.29 is 9.21 Å². The van der Waals surface area contributed by atoms with E-state index in [1.54, 1.807) is 24.4 Å². The van der Waals surface area contributed by atoms with Crippen molar-refractivity contribution in [1.82, 2.24) is 10.4 Å². The molecule has 6 heteroatoms. The molecular weight excluding hydrogens is 405 g/mol. The lowest BCUT2D eigenvalue weighted by Gasteiger charge is -1.98. The topological polar surface area (TPSA) is 67.5 Å². The molecule has 2 aromatic heterocycles. The first-order chi connectivity index (χ1) is 11.2. The van der Waals surface area contributed by atoms with Crippen molar-refractivity contribution in [3.8, 4) is 11.3 Å². The van der Waals surface area contributed by atoms with Gasteiger partial charge < -0.3 is 4.42 Å². The molecule has 114 valence electrons. The van der Waals surface area contributed by atoms with Crippen molar-refractivity contribution in [3.63, 3.8) is 0 Å². The molecule has 1 amide bonds. The number of hydrazone groups is 1. The minimum absolute atomic E-state index is 0.321. The van der Waals surface area contributed by atoms with Crippen molar-refractivity contribution in [2.75, 3.05) is 0 Å². The van der Waals surface area contributed by atoms with Crippen LogP contribution in [-0.4, -0.2) is 17.1 Å². The van der Waals surface area contributed by atoms with Gasteiger partial charge in [0.1, 0.15) is 11.5 Å². The van der Waals surface area contributed by atoms with Crippen LogP contribution in [0, 0.1) is 3.57 Å². The number of amides is 1. The average Bonchev–Trinajstić information content (AvgIpc) is 3.05. The third-order valence-electron chi connectivity index (χ3n) is 3.04. The maximum atomic E-state index is 11.8. The zero-order valence-corrected chi connectivity index (χ0v) is 14.1. The van der Waals surface area contributed by atoms with Crippen LogP contribution in [0.1, 0.15) is 16.1 Å². The van der Waals surface area contributed by atoms with E-state index in [1.165, 1.54) is 12.4 Å². The lowest BCUT2D eigenvalue weighted by molar-refractivity contribution is 0.0955. The molecule has 5 nitrogen and oxygen atoms in total. The van der Waals surface area contributed by atoms with Crippen LogP contribution >= 0.6 is 22.6 Å². The summed E-state index contributed by atoms with van der Waals surface area (Å²) >= 11 is 2.25. The molecule has 3 rings (SSSR count). The molecule has 1 N–H and O–H groups in total. The number of aromatic nitrogens is 1. The summed E-state index contributed by atoms with van der Waals surface area (Å²) in [4.78, 5) is 15.7. The van der Waals surface area contributed by atoms with Crippen LogP contribution in [0.4, 0.5) is 0 Å². The molecule has 0 saturated carbocycles. The molecule has 3 aromatic rings. The molecule has 0 saturated heterocycles. The molecule has 2 heterocycles. The Hall–Kier alpha value is -2.48. The van der Waals surface area contributed by atoms with Crippen molar-refractivity contribution in [2.45, 2.75) is 0 Å². The number of carbonyl (C=O) groups is 1. The predicted octanol–water partition coefficient (Wildman–Crippen LogP) is 3.71. The van der Waals surface area contributed by atoms with Gasteiger partial charge in [-0.2, -0.15) is 5.10 Å². The normalized spacial score (nSPS) is 10.8. The molecule has 0 bridgehead atoms. The van der Waals surface area contributed by atoms with Gasteiger partial charge in [0, 0.05) is 21.5 Å². The lowest BCUT2D eigenvalue weighted by atomic mass is 10.2. The monoisotopic (exact) mass is 417 g/mol. The Morgan fingerprint density at radius 1 is 1.17 bits per heavy atom. The van der Waals surface area contributed by atoms with Crippen LogP contribution in [-0.2, 0) is 0 Å². The Kier molecular flexibility index (Phi) is 4.82. The maximum Gasteiger partial charge on any atom is 0.272 e. The molecule has 0 atom stereocenters. The molecule has 0 aliphatic heterocycles. The summed E-state index contributed by atoms with van der Waals surface area (Å²) in [5.41, 5.74) is 3.87. The number of furan rings is 1. The van der Waals surface area contributed by atoms with Gasteiger partial charge in [-0.3, -0.25) is 9.78 Å². The first-order valence-electron chi connectivity index (χ1n) is 6.81. The quantitative estimate of drug-likeness (QED) is 0.400. The molecule has 1 aromatic carbocycles. The number of nitrogens with zero attached hydrogens (tertiary/aromatic N) is 2. The van der Waals surface area contributed by atoms with E-state index in [2.05, 4.69) is 38.1 Å². The summed E-state index contributed by atoms with van der Waals surface area (Å²) in [6.07, 6.45) is 4.55. The molecule has 0 spiro atoms. The second-order valence-corrected chi connectivity index (χ2v) is 5.90. The fourth-order valence-corrected chi connectivity index (χ4v) is 2.27. The largest absolute Gasteiger partial charge is 0.455 e. The van der Waals surface area contributed by atoms with Crippen molar-refractivity contribution in [1.29, 1.82) is 0 Å². The molecule has 23 heavy (non-hydrogen) atoms. The van der Waals surface area contributed by atoms with Gasteiger partial charge in [0.25, 0.3) is 5.91 Å². The Morgan fingerprint density at radius 2 is 2.00 bits per heavy atom. The highest BCUT2D eigenvalue weighted by atomic mass is 127. The van der Waals surface area contributed by atoms with Crippen molar-refractivity contribution in [2.24, 2.45) is 5.10 Å². The van der Waals surface area contributed by atoms with E-state index in [1.807, 2.05) is 30.3 Å². The summed E-state index contributed by atoms with van der Waals surface area (Å²) in [6, 6.07) is 15.0. The lowest BCUT2D eigenvalue weighted by Crippen LogP contribution is -2.17.